The molecule has 3 amide bonds. The minimum absolute atomic E-state index is 0.0663. The number of benzene rings is 1. The molecule has 0 radical (unpaired) electrons. The van der Waals surface area contributed by atoms with E-state index >= 15 is 0 Å². The second kappa shape index (κ2) is 9.87. The van der Waals surface area contributed by atoms with Gasteiger partial charge >= 0.3 is 6.03 Å². The van der Waals surface area contributed by atoms with Gasteiger partial charge in [0.05, 0.1) is 0 Å². The first-order valence-corrected chi connectivity index (χ1v) is 8.23. The molecule has 0 bridgehead atoms. The van der Waals surface area contributed by atoms with E-state index in [1.807, 2.05) is 38.1 Å². The second-order valence-electron chi connectivity index (χ2n) is 6.65. The van der Waals surface area contributed by atoms with Gasteiger partial charge in [0.25, 0.3) is 0 Å². The lowest BCUT2D eigenvalue weighted by Gasteiger charge is -2.11. The van der Waals surface area contributed by atoms with Crippen LogP contribution in [0.5, 0.6) is 0 Å². The Kier molecular flexibility index (Phi) is 8.16. The van der Waals surface area contributed by atoms with Crippen LogP contribution in [-0.4, -0.2) is 18.5 Å². The lowest BCUT2D eigenvalue weighted by Crippen LogP contribution is -2.37. The molecule has 0 unspecified atom stereocenters. The number of hydrogen-bond acceptors (Lipinski definition) is 2. The first-order chi connectivity index (χ1) is 10.9. The smallest absolute Gasteiger partial charge is 0.315 e. The highest BCUT2D eigenvalue weighted by Crippen LogP contribution is 2.06. The molecule has 0 aliphatic carbocycles. The second-order valence-corrected chi connectivity index (χ2v) is 6.65. The van der Waals surface area contributed by atoms with Crippen molar-refractivity contribution in [2.24, 2.45) is 11.8 Å². The molecule has 128 valence electrons. The minimum atomic E-state index is -0.158. The molecule has 0 fully saturated rings. The number of urea groups is 1. The summed E-state index contributed by atoms with van der Waals surface area (Å²) in [5, 5.41) is 8.57. The standard InChI is InChI=1S/C18H29N3O2/c1-13(2)8-17(22)19-11-15-6-5-7-16(9-15)12-21-18(23)20-10-14(3)4/h5-7,9,13-14H,8,10-12H2,1-4H3,(H,19,22)(H2,20,21,23). The maximum Gasteiger partial charge on any atom is 0.315 e. The normalized spacial score (nSPS) is 10.7. The van der Waals surface area contributed by atoms with Crippen LogP contribution < -0.4 is 16.0 Å². The van der Waals surface area contributed by atoms with E-state index in [9.17, 15) is 9.59 Å². The van der Waals surface area contributed by atoms with Crippen LogP contribution in [0.2, 0.25) is 0 Å². The highest BCUT2D eigenvalue weighted by Gasteiger charge is 2.05. The van der Waals surface area contributed by atoms with Crippen LogP contribution >= 0.6 is 0 Å². The van der Waals surface area contributed by atoms with Gasteiger partial charge in [-0.3, -0.25) is 4.79 Å². The van der Waals surface area contributed by atoms with Crippen molar-refractivity contribution in [3.8, 4) is 0 Å². The number of carbonyl (C=O) groups excluding carboxylic acids is 2. The molecule has 1 aromatic rings. The first-order valence-electron chi connectivity index (χ1n) is 8.23. The minimum Gasteiger partial charge on any atom is -0.352 e. The fourth-order valence-electron chi connectivity index (χ4n) is 2.03. The van der Waals surface area contributed by atoms with E-state index in [1.54, 1.807) is 0 Å². The zero-order valence-corrected chi connectivity index (χ0v) is 14.6. The van der Waals surface area contributed by atoms with E-state index in [4.69, 9.17) is 0 Å². The van der Waals surface area contributed by atoms with Crippen molar-refractivity contribution in [2.75, 3.05) is 6.54 Å². The molecule has 1 rings (SSSR count). The van der Waals surface area contributed by atoms with Gasteiger partial charge in [0, 0.05) is 26.1 Å². The van der Waals surface area contributed by atoms with Crippen LogP contribution in [0.4, 0.5) is 4.79 Å². The maximum absolute atomic E-state index is 11.7. The van der Waals surface area contributed by atoms with Gasteiger partial charge in [0.2, 0.25) is 5.91 Å². The SMILES string of the molecule is CC(C)CNC(=O)NCc1cccc(CNC(=O)CC(C)C)c1. The Labute approximate surface area is 139 Å². The van der Waals surface area contributed by atoms with Gasteiger partial charge < -0.3 is 16.0 Å². The fourth-order valence-corrected chi connectivity index (χ4v) is 2.03. The predicted molar refractivity (Wildman–Crippen MR) is 92.8 cm³/mol. The summed E-state index contributed by atoms with van der Waals surface area (Å²) in [4.78, 5) is 23.3. The van der Waals surface area contributed by atoms with Crippen LogP contribution in [0.25, 0.3) is 0 Å². The average Bonchev–Trinajstić information content (AvgIpc) is 2.48. The molecule has 0 aliphatic rings. The molecule has 0 saturated heterocycles. The van der Waals surface area contributed by atoms with E-state index in [0.717, 1.165) is 11.1 Å². The maximum atomic E-state index is 11.7. The average molecular weight is 319 g/mol. The summed E-state index contributed by atoms with van der Waals surface area (Å²) in [7, 11) is 0. The van der Waals surface area contributed by atoms with Gasteiger partial charge in [0.1, 0.15) is 0 Å². The number of amides is 3. The van der Waals surface area contributed by atoms with Crippen LogP contribution in [0.3, 0.4) is 0 Å². The van der Waals surface area contributed by atoms with Gasteiger partial charge in [0.15, 0.2) is 0 Å². The third-order valence-electron chi connectivity index (χ3n) is 3.20. The zero-order valence-electron chi connectivity index (χ0n) is 14.6. The van der Waals surface area contributed by atoms with E-state index in [2.05, 4.69) is 29.8 Å². The van der Waals surface area contributed by atoms with Crippen molar-refractivity contribution < 1.29 is 9.59 Å². The summed E-state index contributed by atoms with van der Waals surface area (Å²) in [5.74, 6) is 0.852. The van der Waals surface area contributed by atoms with Crippen molar-refractivity contribution >= 4 is 11.9 Å². The van der Waals surface area contributed by atoms with Crippen molar-refractivity contribution in [2.45, 2.75) is 47.2 Å². The molecule has 5 nitrogen and oxygen atoms in total. The molecule has 0 aromatic heterocycles. The van der Waals surface area contributed by atoms with E-state index < -0.39 is 0 Å². The Hall–Kier alpha value is -2.04. The summed E-state index contributed by atoms with van der Waals surface area (Å²) in [6.07, 6.45) is 0.539. The largest absolute Gasteiger partial charge is 0.352 e. The fraction of sp³-hybridized carbons (Fsp3) is 0.556. The van der Waals surface area contributed by atoms with Gasteiger partial charge in [-0.25, -0.2) is 4.79 Å². The van der Waals surface area contributed by atoms with Gasteiger partial charge in [-0.2, -0.15) is 0 Å². The number of rotatable bonds is 8. The molecule has 0 aliphatic heterocycles. The zero-order chi connectivity index (χ0) is 17.2. The predicted octanol–water partition coefficient (Wildman–Crippen LogP) is 2.80. The molecule has 1 aromatic carbocycles. The molecule has 0 heterocycles. The number of hydrogen-bond donors (Lipinski definition) is 3. The van der Waals surface area contributed by atoms with Crippen LogP contribution in [0.15, 0.2) is 24.3 Å². The topological polar surface area (TPSA) is 70.2 Å². The summed E-state index contributed by atoms with van der Waals surface area (Å²) in [6.45, 7) is 9.80. The van der Waals surface area contributed by atoms with Crippen LogP contribution in [0.1, 0.15) is 45.2 Å². The summed E-state index contributed by atoms with van der Waals surface area (Å²) in [5.41, 5.74) is 2.05. The first kappa shape index (κ1) is 19.0. The molecular weight excluding hydrogens is 290 g/mol. The summed E-state index contributed by atoms with van der Waals surface area (Å²) in [6, 6.07) is 7.71. The Balaban J connectivity index is 2.41. The van der Waals surface area contributed by atoms with Gasteiger partial charge in [-0.05, 0) is 23.0 Å². The highest BCUT2D eigenvalue weighted by atomic mass is 16.2. The summed E-state index contributed by atoms with van der Waals surface area (Å²) >= 11 is 0. The molecule has 0 atom stereocenters. The molecule has 5 heteroatoms. The molecule has 0 saturated carbocycles. The quantitative estimate of drug-likeness (QED) is 0.689. The lowest BCUT2D eigenvalue weighted by molar-refractivity contribution is -0.121. The number of carbonyl (C=O) groups is 2. The lowest BCUT2D eigenvalue weighted by atomic mass is 10.1. The molecular formula is C18H29N3O2. The third kappa shape index (κ3) is 8.86. The summed E-state index contributed by atoms with van der Waals surface area (Å²) < 4.78 is 0. The third-order valence-corrected chi connectivity index (χ3v) is 3.20. The van der Waals surface area contributed by atoms with E-state index in [-0.39, 0.29) is 11.9 Å². The Bertz CT molecular complexity index is 513. The molecule has 3 N–H and O–H groups in total. The number of nitrogens with one attached hydrogen (secondary N) is 3. The van der Waals surface area contributed by atoms with Gasteiger partial charge in [-0.15, -0.1) is 0 Å². The van der Waals surface area contributed by atoms with Gasteiger partial charge in [-0.1, -0.05) is 52.0 Å². The van der Waals surface area contributed by atoms with Crippen LogP contribution in [-0.2, 0) is 17.9 Å². The monoisotopic (exact) mass is 319 g/mol. The molecule has 23 heavy (non-hydrogen) atoms. The Morgan fingerprint density at radius 1 is 0.913 bits per heavy atom. The van der Waals surface area contributed by atoms with E-state index in [1.165, 1.54) is 0 Å². The Morgan fingerprint density at radius 2 is 1.52 bits per heavy atom. The highest BCUT2D eigenvalue weighted by molar-refractivity contribution is 5.76. The van der Waals surface area contributed by atoms with Crippen molar-refractivity contribution in [1.29, 1.82) is 0 Å². The Morgan fingerprint density at radius 3 is 2.09 bits per heavy atom. The molecule has 0 spiro atoms. The van der Waals surface area contributed by atoms with Crippen molar-refractivity contribution in [3.05, 3.63) is 35.4 Å². The van der Waals surface area contributed by atoms with Crippen molar-refractivity contribution in [1.82, 2.24) is 16.0 Å². The van der Waals surface area contributed by atoms with Crippen molar-refractivity contribution in [3.63, 3.8) is 0 Å². The van der Waals surface area contributed by atoms with E-state index in [0.29, 0.717) is 37.9 Å². The van der Waals surface area contributed by atoms with Crippen LogP contribution in [0, 0.1) is 11.8 Å².